The summed E-state index contributed by atoms with van der Waals surface area (Å²) in [5.41, 5.74) is -4.45. The van der Waals surface area contributed by atoms with Crippen molar-refractivity contribution in [3.05, 3.63) is 30.3 Å². The van der Waals surface area contributed by atoms with E-state index in [2.05, 4.69) is 0 Å². The molecule has 0 radical (unpaired) electrons. The Morgan fingerprint density at radius 3 is 2.17 bits per heavy atom. The van der Waals surface area contributed by atoms with Gasteiger partial charge in [0.25, 0.3) is 0 Å². The van der Waals surface area contributed by atoms with Crippen LogP contribution in [0.5, 0.6) is 0 Å². The monoisotopic (exact) mass is 368 g/mol. The maximum atomic E-state index is 12.4. The van der Waals surface area contributed by atoms with Crippen molar-refractivity contribution >= 4 is 27.7 Å². The van der Waals surface area contributed by atoms with E-state index in [0.717, 1.165) is 0 Å². The van der Waals surface area contributed by atoms with E-state index < -0.39 is 27.2 Å². The number of halogens is 3. The Labute approximate surface area is 136 Å². The number of benzene rings is 1. The molecule has 1 heterocycles. The molecule has 1 saturated heterocycles. The van der Waals surface area contributed by atoms with Crippen LogP contribution in [-0.4, -0.2) is 61.0 Å². The van der Waals surface area contributed by atoms with Crippen LogP contribution in [0, 0.1) is 0 Å². The van der Waals surface area contributed by atoms with Gasteiger partial charge in [-0.15, -0.1) is 0 Å². The average Bonchev–Trinajstić information content (AvgIpc) is 2.53. The topological polar surface area (TPSA) is 57.7 Å². The molecule has 1 aromatic carbocycles. The van der Waals surface area contributed by atoms with E-state index >= 15 is 0 Å². The van der Waals surface area contributed by atoms with E-state index in [-0.39, 0.29) is 42.8 Å². The lowest BCUT2D eigenvalue weighted by atomic mass is 10.3. The SMILES string of the molecule is O=C(CSC(F)(F)F)N1CCN(S(=O)(=O)c2ccccc2)CC1. The lowest BCUT2D eigenvalue weighted by Crippen LogP contribution is -2.51. The van der Waals surface area contributed by atoms with Gasteiger partial charge in [0, 0.05) is 26.2 Å². The number of rotatable bonds is 4. The summed E-state index contributed by atoms with van der Waals surface area (Å²) in [6.07, 6.45) is 0. The van der Waals surface area contributed by atoms with Crippen molar-refractivity contribution in [1.82, 2.24) is 9.21 Å². The summed E-state index contributed by atoms with van der Waals surface area (Å²) < 4.78 is 62.3. The normalized spacial score (nSPS) is 17.3. The second-order valence-electron chi connectivity index (χ2n) is 4.83. The van der Waals surface area contributed by atoms with Crippen LogP contribution in [0.25, 0.3) is 0 Å². The van der Waals surface area contributed by atoms with Crippen LogP contribution in [0.1, 0.15) is 0 Å². The first-order chi connectivity index (χ1) is 10.7. The molecule has 0 aromatic heterocycles. The van der Waals surface area contributed by atoms with Crippen molar-refractivity contribution in [1.29, 1.82) is 0 Å². The molecule has 0 N–H and O–H groups in total. The molecule has 1 aliphatic rings. The first kappa shape index (κ1) is 18.1. The maximum absolute atomic E-state index is 12.4. The number of hydrogen-bond donors (Lipinski definition) is 0. The van der Waals surface area contributed by atoms with Crippen LogP contribution >= 0.6 is 11.8 Å². The summed E-state index contributed by atoms with van der Waals surface area (Å²) in [7, 11) is -3.64. The van der Waals surface area contributed by atoms with Crippen molar-refractivity contribution in [3.8, 4) is 0 Å². The Hall–Kier alpha value is -1.26. The Balaban J connectivity index is 1.92. The smallest absolute Gasteiger partial charge is 0.339 e. The van der Waals surface area contributed by atoms with Crippen LogP contribution in [0.15, 0.2) is 35.2 Å². The lowest BCUT2D eigenvalue weighted by molar-refractivity contribution is -0.129. The highest BCUT2D eigenvalue weighted by Gasteiger charge is 2.33. The number of alkyl halides is 3. The second-order valence-corrected chi connectivity index (χ2v) is 7.81. The summed E-state index contributed by atoms with van der Waals surface area (Å²) in [6.45, 7) is 0.311. The molecule has 23 heavy (non-hydrogen) atoms. The quantitative estimate of drug-likeness (QED) is 0.813. The molecule has 0 aliphatic carbocycles. The van der Waals surface area contributed by atoms with E-state index in [1.807, 2.05) is 0 Å². The third-order valence-corrected chi connectivity index (χ3v) is 5.96. The minimum atomic E-state index is -4.45. The first-order valence-corrected chi connectivity index (χ1v) is 9.16. The van der Waals surface area contributed by atoms with Gasteiger partial charge in [-0.05, 0) is 23.9 Å². The fourth-order valence-electron chi connectivity index (χ4n) is 2.15. The van der Waals surface area contributed by atoms with Crippen molar-refractivity contribution < 1.29 is 26.4 Å². The predicted molar refractivity (Wildman–Crippen MR) is 80.3 cm³/mol. The van der Waals surface area contributed by atoms with Gasteiger partial charge in [-0.25, -0.2) is 8.42 Å². The van der Waals surface area contributed by atoms with Gasteiger partial charge >= 0.3 is 5.51 Å². The number of hydrogen-bond acceptors (Lipinski definition) is 4. The summed E-state index contributed by atoms with van der Waals surface area (Å²) in [6, 6.07) is 7.88. The molecule has 2 rings (SSSR count). The lowest BCUT2D eigenvalue weighted by Gasteiger charge is -2.34. The van der Waals surface area contributed by atoms with Crippen molar-refractivity contribution in [2.45, 2.75) is 10.4 Å². The Kier molecular flexibility index (Phi) is 5.58. The summed E-state index contributed by atoms with van der Waals surface area (Å²) in [4.78, 5) is 13.1. The molecule has 0 bridgehead atoms. The average molecular weight is 368 g/mol. The Morgan fingerprint density at radius 2 is 1.65 bits per heavy atom. The zero-order chi connectivity index (χ0) is 17.1. The number of carbonyl (C=O) groups excluding carboxylic acids is 1. The van der Waals surface area contributed by atoms with Crippen LogP contribution in [0.3, 0.4) is 0 Å². The molecular weight excluding hydrogens is 353 g/mol. The van der Waals surface area contributed by atoms with Crippen molar-refractivity contribution in [2.24, 2.45) is 0 Å². The van der Waals surface area contributed by atoms with Gasteiger partial charge in [0.15, 0.2) is 0 Å². The van der Waals surface area contributed by atoms with Gasteiger partial charge in [-0.3, -0.25) is 4.79 Å². The second kappa shape index (κ2) is 7.10. The van der Waals surface area contributed by atoms with Crippen LogP contribution in [0.2, 0.25) is 0 Å². The molecular formula is C13H15F3N2O3S2. The molecule has 0 saturated carbocycles. The molecule has 1 aliphatic heterocycles. The number of piperazine rings is 1. The van der Waals surface area contributed by atoms with E-state index in [1.165, 1.54) is 21.3 Å². The summed E-state index contributed by atoms with van der Waals surface area (Å²) >= 11 is -0.385. The molecule has 128 valence electrons. The molecule has 0 unspecified atom stereocenters. The van der Waals surface area contributed by atoms with Gasteiger partial charge in [-0.2, -0.15) is 17.5 Å². The first-order valence-electron chi connectivity index (χ1n) is 6.74. The van der Waals surface area contributed by atoms with Crippen molar-refractivity contribution in [2.75, 3.05) is 31.9 Å². The fraction of sp³-hybridized carbons (Fsp3) is 0.462. The van der Waals surface area contributed by atoms with Gasteiger partial charge in [0.2, 0.25) is 15.9 Å². The van der Waals surface area contributed by atoms with E-state index in [4.69, 9.17) is 0 Å². The fourth-order valence-corrected chi connectivity index (χ4v) is 4.07. The van der Waals surface area contributed by atoms with Crippen molar-refractivity contribution in [3.63, 3.8) is 0 Å². The number of carbonyl (C=O) groups is 1. The highest BCUT2D eigenvalue weighted by Crippen LogP contribution is 2.30. The number of sulfonamides is 1. The maximum Gasteiger partial charge on any atom is 0.442 e. The Bertz CT molecular complexity index is 642. The van der Waals surface area contributed by atoms with Gasteiger partial charge < -0.3 is 4.90 Å². The number of nitrogens with zero attached hydrogens (tertiary/aromatic N) is 2. The molecule has 0 spiro atoms. The molecule has 1 aromatic rings. The largest absolute Gasteiger partial charge is 0.442 e. The van der Waals surface area contributed by atoms with Gasteiger partial charge in [0.05, 0.1) is 10.6 Å². The number of amides is 1. The minimum Gasteiger partial charge on any atom is -0.339 e. The number of thioether (sulfide) groups is 1. The molecule has 1 fully saturated rings. The van der Waals surface area contributed by atoms with Gasteiger partial charge in [-0.1, -0.05) is 18.2 Å². The molecule has 0 atom stereocenters. The molecule has 1 amide bonds. The molecule has 5 nitrogen and oxygen atoms in total. The third kappa shape index (κ3) is 4.85. The highest BCUT2D eigenvalue weighted by molar-refractivity contribution is 8.00. The van der Waals surface area contributed by atoms with E-state index in [9.17, 15) is 26.4 Å². The van der Waals surface area contributed by atoms with E-state index in [1.54, 1.807) is 18.2 Å². The molecule has 10 heteroatoms. The minimum absolute atomic E-state index is 0.0691. The summed E-state index contributed by atoms with van der Waals surface area (Å²) in [5, 5.41) is 0. The van der Waals surface area contributed by atoms with Crippen LogP contribution in [-0.2, 0) is 14.8 Å². The summed E-state index contributed by atoms with van der Waals surface area (Å²) in [5.74, 6) is -1.32. The van der Waals surface area contributed by atoms with Crippen LogP contribution in [0.4, 0.5) is 13.2 Å². The zero-order valence-corrected chi connectivity index (χ0v) is 13.6. The van der Waals surface area contributed by atoms with Crippen LogP contribution < -0.4 is 0 Å². The highest BCUT2D eigenvalue weighted by atomic mass is 32.2. The third-order valence-electron chi connectivity index (χ3n) is 3.33. The standard InChI is InChI=1S/C13H15F3N2O3S2/c14-13(15,16)22-10-12(19)17-6-8-18(9-7-17)23(20,21)11-4-2-1-3-5-11/h1-5H,6-10H2. The van der Waals surface area contributed by atoms with Gasteiger partial charge in [0.1, 0.15) is 0 Å². The Morgan fingerprint density at radius 1 is 1.09 bits per heavy atom. The predicted octanol–water partition coefficient (Wildman–Crippen LogP) is 1.77. The van der Waals surface area contributed by atoms with E-state index in [0.29, 0.717) is 0 Å². The zero-order valence-electron chi connectivity index (χ0n) is 12.0.